The maximum Gasteiger partial charge on any atom is 0.404 e. The Balaban J connectivity index is 2.42. The van der Waals surface area contributed by atoms with E-state index in [1.807, 2.05) is 43.3 Å². The van der Waals surface area contributed by atoms with Crippen LogP contribution >= 0.6 is 0 Å². The number of anilines is 2. The summed E-state index contributed by atoms with van der Waals surface area (Å²) >= 11 is 0. The highest BCUT2D eigenvalue weighted by molar-refractivity contribution is 5.91. The predicted octanol–water partition coefficient (Wildman–Crippen LogP) is 1.18. The molecule has 1 aromatic rings. The van der Waals surface area contributed by atoms with Crippen LogP contribution in [0.4, 0.5) is 16.2 Å². The average Bonchev–Trinajstić information content (AvgIpc) is 2.29. The molecule has 1 aromatic carbocycles. The molecular formula is C12H17N3O3. The van der Waals surface area contributed by atoms with Crippen molar-refractivity contribution in [3.05, 3.63) is 24.3 Å². The molecule has 18 heavy (non-hydrogen) atoms. The molecule has 98 valence electrons. The Hall–Kier alpha value is -2.24. The molecule has 0 aromatic heterocycles. The molecule has 3 N–H and O–H groups in total. The fourth-order valence-corrected chi connectivity index (χ4v) is 1.31. The molecule has 1 rings (SSSR count). The first-order chi connectivity index (χ1) is 8.49. The van der Waals surface area contributed by atoms with E-state index in [4.69, 9.17) is 5.73 Å². The lowest BCUT2D eigenvalue weighted by Gasteiger charge is -2.13. The second-order valence-corrected chi connectivity index (χ2v) is 3.91. The van der Waals surface area contributed by atoms with E-state index in [9.17, 15) is 9.59 Å². The lowest BCUT2D eigenvalue weighted by Crippen LogP contribution is -2.18. The van der Waals surface area contributed by atoms with E-state index in [1.165, 1.54) is 0 Å². The van der Waals surface area contributed by atoms with Crippen molar-refractivity contribution in [1.29, 1.82) is 0 Å². The molecule has 0 aliphatic carbocycles. The number of amides is 2. The van der Waals surface area contributed by atoms with E-state index in [1.54, 1.807) is 0 Å². The standard InChI is InChI=1S/C12H17N3O3/c1-15(2)10-5-3-9(4-6-10)14-11(16)7-8-18-12(13)17/h3-6H,7-8H2,1-2H3,(H2,13,17)(H,14,16). The first-order valence-electron chi connectivity index (χ1n) is 5.48. The molecule has 0 heterocycles. The lowest BCUT2D eigenvalue weighted by molar-refractivity contribution is -0.116. The third kappa shape index (κ3) is 4.73. The Labute approximate surface area is 106 Å². The van der Waals surface area contributed by atoms with Crippen LogP contribution in [0.2, 0.25) is 0 Å². The van der Waals surface area contributed by atoms with Gasteiger partial charge in [-0.25, -0.2) is 4.79 Å². The van der Waals surface area contributed by atoms with Gasteiger partial charge in [0, 0.05) is 25.5 Å². The van der Waals surface area contributed by atoms with E-state index < -0.39 is 6.09 Å². The molecule has 0 radical (unpaired) electrons. The Morgan fingerprint density at radius 3 is 2.39 bits per heavy atom. The van der Waals surface area contributed by atoms with E-state index in [2.05, 4.69) is 10.1 Å². The maximum absolute atomic E-state index is 11.5. The van der Waals surface area contributed by atoms with Crippen molar-refractivity contribution in [3.8, 4) is 0 Å². The summed E-state index contributed by atoms with van der Waals surface area (Å²) in [5, 5.41) is 2.69. The highest BCUT2D eigenvalue weighted by Gasteiger charge is 2.04. The number of rotatable bonds is 5. The van der Waals surface area contributed by atoms with Crippen LogP contribution in [0.25, 0.3) is 0 Å². The number of nitrogens with two attached hydrogens (primary N) is 1. The van der Waals surface area contributed by atoms with Crippen LogP contribution in [-0.2, 0) is 9.53 Å². The molecule has 0 saturated carbocycles. The van der Waals surface area contributed by atoms with Crippen molar-refractivity contribution in [2.45, 2.75) is 6.42 Å². The van der Waals surface area contributed by atoms with Gasteiger partial charge in [-0.1, -0.05) is 0 Å². The number of carbonyl (C=O) groups is 2. The lowest BCUT2D eigenvalue weighted by atomic mass is 10.2. The van der Waals surface area contributed by atoms with Crippen molar-refractivity contribution in [2.24, 2.45) is 5.73 Å². The summed E-state index contributed by atoms with van der Waals surface area (Å²) in [5.41, 5.74) is 6.52. The highest BCUT2D eigenvalue weighted by Crippen LogP contribution is 2.15. The van der Waals surface area contributed by atoms with Gasteiger partial charge in [0.2, 0.25) is 5.91 Å². The zero-order valence-electron chi connectivity index (χ0n) is 10.5. The van der Waals surface area contributed by atoms with Gasteiger partial charge in [0.25, 0.3) is 0 Å². The molecule has 0 atom stereocenters. The third-order valence-electron chi connectivity index (χ3n) is 2.24. The number of nitrogens with one attached hydrogen (secondary N) is 1. The molecule has 0 aliphatic rings. The van der Waals surface area contributed by atoms with Gasteiger partial charge in [0.15, 0.2) is 0 Å². The summed E-state index contributed by atoms with van der Waals surface area (Å²) in [7, 11) is 3.88. The van der Waals surface area contributed by atoms with Gasteiger partial charge in [-0.05, 0) is 24.3 Å². The molecule has 0 spiro atoms. The van der Waals surface area contributed by atoms with Gasteiger partial charge in [-0.15, -0.1) is 0 Å². The Kier molecular flexibility index (Phi) is 4.98. The van der Waals surface area contributed by atoms with Gasteiger partial charge in [-0.2, -0.15) is 0 Å². The first kappa shape index (κ1) is 13.8. The average molecular weight is 251 g/mol. The summed E-state index contributed by atoms with van der Waals surface area (Å²) in [5.74, 6) is -0.228. The SMILES string of the molecule is CN(C)c1ccc(NC(=O)CCOC(N)=O)cc1. The van der Waals surface area contributed by atoms with Gasteiger partial charge in [0.1, 0.15) is 6.61 Å². The molecule has 0 saturated heterocycles. The number of hydrogen-bond acceptors (Lipinski definition) is 4. The molecule has 0 aliphatic heterocycles. The summed E-state index contributed by atoms with van der Waals surface area (Å²) in [6.07, 6.45) is -0.795. The topological polar surface area (TPSA) is 84.7 Å². The van der Waals surface area contributed by atoms with E-state index in [0.29, 0.717) is 5.69 Å². The Morgan fingerprint density at radius 1 is 1.28 bits per heavy atom. The quantitative estimate of drug-likeness (QED) is 0.822. The molecular weight excluding hydrogens is 234 g/mol. The van der Waals surface area contributed by atoms with Crippen LogP contribution in [-0.4, -0.2) is 32.7 Å². The van der Waals surface area contributed by atoms with Gasteiger partial charge in [0.05, 0.1) is 6.42 Å². The van der Waals surface area contributed by atoms with E-state index in [-0.39, 0.29) is 18.9 Å². The van der Waals surface area contributed by atoms with E-state index >= 15 is 0 Å². The second-order valence-electron chi connectivity index (χ2n) is 3.91. The summed E-state index contributed by atoms with van der Waals surface area (Å²) in [6.45, 7) is -0.0169. The van der Waals surface area contributed by atoms with Crippen LogP contribution in [0.5, 0.6) is 0 Å². The molecule has 2 amide bonds. The largest absolute Gasteiger partial charge is 0.449 e. The number of nitrogens with zero attached hydrogens (tertiary/aromatic N) is 1. The van der Waals surface area contributed by atoms with Crippen LogP contribution in [0.3, 0.4) is 0 Å². The summed E-state index contributed by atoms with van der Waals surface area (Å²) in [4.78, 5) is 23.7. The molecule has 0 unspecified atom stereocenters. The van der Waals surface area contributed by atoms with Gasteiger partial charge < -0.3 is 20.7 Å². The molecule has 6 heteroatoms. The van der Waals surface area contributed by atoms with Gasteiger partial charge >= 0.3 is 6.09 Å². The Morgan fingerprint density at radius 2 is 1.89 bits per heavy atom. The van der Waals surface area contributed by atoms with E-state index in [0.717, 1.165) is 5.69 Å². The minimum absolute atomic E-state index is 0.0169. The van der Waals surface area contributed by atoms with Crippen molar-refractivity contribution in [1.82, 2.24) is 0 Å². The predicted molar refractivity (Wildman–Crippen MR) is 69.6 cm³/mol. The normalized spacial score (nSPS) is 9.67. The van der Waals surface area contributed by atoms with Crippen molar-refractivity contribution >= 4 is 23.4 Å². The summed E-state index contributed by atoms with van der Waals surface area (Å²) in [6, 6.07) is 7.41. The monoisotopic (exact) mass is 251 g/mol. The molecule has 0 fully saturated rings. The maximum atomic E-state index is 11.5. The highest BCUT2D eigenvalue weighted by atomic mass is 16.5. The second kappa shape index (κ2) is 6.48. The van der Waals surface area contributed by atoms with Crippen molar-refractivity contribution in [2.75, 3.05) is 30.9 Å². The van der Waals surface area contributed by atoms with Crippen LogP contribution in [0.1, 0.15) is 6.42 Å². The fourth-order valence-electron chi connectivity index (χ4n) is 1.31. The number of ether oxygens (including phenoxy) is 1. The molecule has 0 bridgehead atoms. The zero-order valence-corrected chi connectivity index (χ0v) is 10.5. The zero-order chi connectivity index (χ0) is 13.5. The number of carbonyl (C=O) groups excluding carboxylic acids is 2. The summed E-state index contributed by atoms with van der Waals surface area (Å²) < 4.78 is 4.47. The van der Waals surface area contributed by atoms with Crippen LogP contribution in [0, 0.1) is 0 Å². The minimum atomic E-state index is -0.877. The van der Waals surface area contributed by atoms with Crippen molar-refractivity contribution in [3.63, 3.8) is 0 Å². The van der Waals surface area contributed by atoms with Crippen LogP contribution < -0.4 is 16.0 Å². The van der Waals surface area contributed by atoms with Gasteiger partial charge in [-0.3, -0.25) is 4.79 Å². The first-order valence-corrected chi connectivity index (χ1v) is 5.48. The third-order valence-corrected chi connectivity index (χ3v) is 2.24. The molecule has 6 nitrogen and oxygen atoms in total. The van der Waals surface area contributed by atoms with Crippen molar-refractivity contribution < 1.29 is 14.3 Å². The Bertz CT molecular complexity index is 415. The number of primary amides is 1. The van der Waals surface area contributed by atoms with Crippen LogP contribution in [0.15, 0.2) is 24.3 Å². The minimum Gasteiger partial charge on any atom is -0.449 e. The number of benzene rings is 1. The number of hydrogen-bond donors (Lipinski definition) is 2. The fraction of sp³-hybridized carbons (Fsp3) is 0.333. The smallest absolute Gasteiger partial charge is 0.404 e.